The van der Waals surface area contributed by atoms with Crippen LogP contribution < -0.4 is 11.3 Å². The summed E-state index contributed by atoms with van der Waals surface area (Å²) in [6.07, 6.45) is 4.92. The van der Waals surface area contributed by atoms with Gasteiger partial charge in [0.05, 0.1) is 12.1 Å². The Morgan fingerprint density at radius 1 is 1.56 bits per heavy atom. The topological polar surface area (TPSA) is 47.3 Å². The lowest BCUT2D eigenvalue weighted by Crippen LogP contribution is -2.32. The summed E-state index contributed by atoms with van der Waals surface area (Å²) in [4.78, 5) is 0. The minimum absolute atomic E-state index is 0.184. The second-order valence-corrected chi connectivity index (χ2v) is 5.72. The van der Waals surface area contributed by atoms with E-state index in [0.717, 1.165) is 23.9 Å². The largest absolute Gasteiger partial charge is 0.378 e. The lowest BCUT2D eigenvalue weighted by molar-refractivity contribution is 0.00501. The molecule has 0 radical (unpaired) electrons. The molecule has 16 heavy (non-hydrogen) atoms. The predicted octanol–water partition coefficient (Wildman–Crippen LogP) is 2.97. The molecule has 0 spiro atoms. The third kappa shape index (κ3) is 3.05. The van der Waals surface area contributed by atoms with Crippen LogP contribution >= 0.6 is 27.3 Å². The van der Waals surface area contributed by atoms with Crippen LogP contribution in [0.15, 0.2) is 15.2 Å². The molecular weight excluding hydrogens is 288 g/mol. The van der Waals surface area contributed by atoms with Crippen LogP contribution in [0.25, 0.3) is 0 Å². The molecule has 0 aliphatic carbocycles. The Balaban J connectivity index is 1.97. The fourth-order valence-corrected chi connectivity index (χ4v) is 3.71. The van der Waals surface area contributed by atoms with Crippen molar-refractivity contribution < 1.29 is 4.74 Å². The molecule has 2 unspecified atom stereocenters. The quantitative estimate of drug-likeness (QED) is 0.664. The normalized spacial score (nSPS) is 23.2. The second-order valence-electron chi connectivity index (χ2n) is 4.12. The van der Waals surface area contributed by atoms with E-state index >= 15 is 0 Å². The number of halogens is 1. The van der Waals surface area contributed by atoms with E-state index in [-0.39, 0.29) is 6.04 Å². The highest BCUT2D eigenvalue weighted by Gasteiger charge is 2.21. The van der Waals surface area contributed by atoms with Gasteiger partial charge in [0.25, 0.3) is 0 Å². The van der Waals surface area contributed by atoms with Gasteiger partial charge in [-0.25, -0.2) is 0 Å². The summed E-state index contributed by atoms with van der Waals surface area (Å²) in [5, 5.41) is 4.22. The Morgan fingerprint density at radius 2 is 2.44 bits per heavy atom. The van der Waals surface area contributed by atoms with Gasteiger partial charge in [0.1, 0.15) is 0 Å². The highest BCUT2D eigenvalue weighted by atomic mass is 79.9. The van der Waals surface area contributed by atoms with Gasteiger partial charge in [-0.05, 0) is 52.6 Å². The van der Waals surface area contributed by atoms with Crippen LogP contribution in [-0.2, 0) is 4.74 Å². The van der Waals surface area contributed by atoms with Crippen molar-refractivity contribution in [1.29, 1.82) is 0 Å². The van der Waals surface area contributed by atoms with E-state index in [2.05, 4.69) is 32.1 Å². The van der Waals surface area contributed by atoms with E-state index in [0.29, 0.717) is 6.10 Å². The number of ether oxygens (including phenoxy) is 1. The molecule has 2 rings (SSSR count). The Kier molecular flexibility index (Phi) is 4.79. The molecule has 3 N–H and O–H groups in total. The number of hydrazine groups is 1. The summed E-state index contributed by atoms with van der Waals surface area (Å²) in [5.74, 6) is 5.63. The standard InChI is InChI=1S/C11H17BrN2OS/c12-10-7-16-6-9(10)11(14-13)5-8-3-1-2-4-15-8/h6-8,11,14H,1-5,13H2. The number of nitrogens with one attached hydrogen (secondary N) is 1. The van der Waals surface area contributed by atoms with Crippen LogP contribution in [0.1, 0.15) is 37.3 Å². The molecule has 2 atom stereocenters. The summed E-state index contributed by atoms with van der Waals surface area (Å²) in [5.41, 5.74) is 4.13. The van der Waals surface area contributed by atoms with Gasteiger partial charge in [0.15, 0.2) is 0 Å². The average molecular weight is 305 g/mol. The van der Waals surface area contributed by atoms with Crippen molar-refractivity contribution in [3.63, 3.8) is 0 Å². The van der Waals surface area contributed by atoms with Gasteiger partial charge >= 0.3 is 0 Å². The van der Waals surface area contributed by atoms with Crippen LogP contribution in [0, 0.1) is 0 Å². The Hall–Kier alpha value is 0.0600. The van der Waals surface area contributed by atoms with Gasteiger partial charge in [-0.15, -0.1) is 0 Å². The highest BCUT2D eigenvalue weighted by molar-refractivity contribution is 9.10. The van der Waals surface area contributed by atoms with E-state index in [4.69, 9.17) is 10.6 Å². The van der Waals surface area contributed by atoms with Crippen molar-refractivity contribution in [2.45, 2.75) is 37.8 Å². The zero-order valence-electron chi connectivity index (χ0n) is 9.12. The Labute approximate surface area is 108 Å². The lowest BCUT2D eigenvalue weighted by Gasteiger charge is -2.26. The van der Waals surface area contributed by atoms with Gasteiger partial charge < -0.3 is 4.74 Å². The molecular formula is C11H17BrN2OS. The van der Waals surface area contributed by atoms with Gasteiger partial charge in [0, 0.05) is 16.5 Å². The SMILES string of the molecule is NNC(CC1CCCCO1)c1cscc1Br. The summed E-state index contributed by atoms with van der Waals surface area (Å²) in [6, 6.07) is 0.184. The number of rotatable bonds is 4. The number of hydrogen-bond acceptors (Lipinski definition) is 4. The average Bonchev–Trinajstić information content (AvgIpc) is 2.74. The first kappa shape index (κ1) is 12.5. The highest BCUT2D eigenvalue weighted by Crippen LogP contribution is 2.31. The first-order chi connectivity index (χ1) is 7.81. The maximum atomic E-state index is 5.74. The molecule has 2 heterocycles. The molecule has 0 aromatic carbocycles. The molecule has 1 saturated heterocycles. The maximum Gasteiger partial charge on any atom is 0.0593 e. The molecule has 0 bridgehead atoms. The maximum absolute atomic E-state index is 5.74. The summed E-state index contributed by atoms with van der Waals surface area (Å²) >= 11 is 5.24. The zero-order valence-corrected chi connectivity index (χ0v) is 11.5. The van der Waals surface area contributed by atoms with E-state index < -0.39 is 0 Å². The number of hydrogen-bond donors (Lipinski definition) is 2. The summed E-state index contributed by atoms with van der Waals surface area (Å²) in [7, 11) is 0. The monoisotopic (exact) mass is 304 g/mol. The van der Waals surface area contributed by atoms with Crippen molar-refractivity contribution in [3.05, 3.63) is 20.8 Å². The lowest BCUT2D eigenvalue weighted by atomic mass is 9.99. The minimum Gasteiger partial charge on any atom is -0.378 e. The van der Waals surface area contributed by atoms with Gasteiger partial charge in [-0.3, -0.25) is 11.3 Å². The van der Waals surface area contributed by atoms with Crippen molar-refractivity contribution in [2.75, 3.05) is 6.61 Å². The molecule has 0 saturated carbocycles. The molecule has 1 aliphatic rings. The van der Waals surface area contributed by atoms with Crippen LogP contribution in [0.3, 0.4) is 0 Å². The Bertz CT molecular complexity index is 326. The van der Waals surface area contributed by atoms with Gasteiger partial charge in [-0.1, -0.05) is 0 Å². The molecule has 1 aliphatic heterocycles. The van der Waals surface area contributed by atoms with Crippen LogP contribution in [0.5, 0.6) is 0 Å². The van der Waals surface area contributed by atoms with Crippen molar-refractivity contribution >= 4 is 27.3 Å². The molecule has 5 heteroatoms. The molecule has 0 amide bonds. The number of nitrogens with two attached hydrogens (primary N) is 1. The molecule has 90 valence electrons. The smallest absolute Gasteiger partial charge is 0.0593 e. The first-order valence-corrected chi connectivity index (χ1v) is 7.34. The summed E-state index contributed by atoms with van der Waals surface area (Å²) < 4.78 is 6.88. The van der Waals surface area contributed by atoms with Crippen molar-refractivity contribution in [2.24, 2.45) is 5.84 Å². The van der Waals surface area contributed by atoms with E-state index in [9.17, 15) is 0 Å². The van der Waals surface area contributed by atoms with Crippen LogP contribution in [0.2, 0.25) is 0 Å². The molecule has 1 aromatic rings. The fourth-order valence-electron chi connectivity index (χ4n) is 2.08. The third-order valence-corrected chi connectivity index (χ3v) is 4.74. The van der Waals surface area contributed by atoms with E-state index in [1.807, 2.05) is 0 Å². The van der Waals surface area contributed by atoms with Gasteiger partial charge in [-0.2, -0.15) is 11.3 Å². The Morgan fingerprint density at radius 3 is 3.00 bits per heavy atom. The van der Waals surface area contributed by atoms with E-state index in [1.54, 1.807) is 11.3 Å². The second kappa shape index (κ2) is 6.12. The molecule has 3 nitrogen and oxygen atoms in total. The zero-order chi connectivity index (χ0) is 11.4. The van der Waals surface area contributed by atoms with Gasteiger partial charge in [0.2, 0.25) is 0 Å². The third-order valence-electron chi connectivity index (χ3n) is 2.99. The van der Waals surface area contributed by atoms with E-state index in [1.165, 1.54) is 18.4 Å². The molecule has 1 fully saturated rings. The first-order valence-electron chi connectivity index (χ1n) is 5.60. The fraction of sp³-hybridized carbons (Fsp3) is 0.636. The van der Waals surface area contributed by atoms with Crippen LogP contribution in [-0.4, -0.2) is 12.7 Å². The number of thiophene rings is 1. The molecule has 1 aromatic heterocycles. The predicted molar refractivity (Wildman–Crippen MR) is 70.3 cm³/mol. The van der Waals surface area contributed by atoms with Crippen LogP contribution in [0.4, 0.5) is 0 Å². The van der Waals surface area contributed by atoms with Crippen molar-refractivity contribution in [3.8, 4) is 0 Å². The minimum atomic E-state index is 0.184. The van der Waals surface area contributed by atoms with Crippen molar-refractivity contribution in [1.82, 2.24) is 5.43 Å². The summed E-state index contributed by atoms with van der Waals surface area (Å²) in [6.45, 7) is 0.896.